The van der Waals surface area contributed by atoms with Crippen LogP contribution in [0.3, 0.4) is 0 Å². The minimum absolute atomic E-state index is 0.128. The molecule has 0 aliphatic carbocycles. The van der Waals surface area contributed by atoms with Crippen LogP contribution in [0, 0.1) is 18.6 Å². The third-order valence-corrected chi connectivity index (χ3v) is 1.55. The van der Waals surface area contributed by atoms with Gasteiger partial charge in [-0.2, -0.15) is 0 Å². The molecule has 0 radical (unpaired) electrons. The normalized spacial score (nSPS) is 11.8. The SMILES string of the molecule is CC(N)=Nc1c(F)ccc(C)c1F. The van der Waals surface area contributed by atoms with Gasteiger partial charge < -0.3 is 5.73 Å². The molecule has 0 amide bonds. The number of rotatable bonds is 1. The first-order valence-corrected chi connectivity index (χ1v) is 3.77. The van der Waals surface area contributed by atoms with Gasteiger partial charge in [0.2, 0.25) is 0 Å². The summed E-state index contributed by atoms with van der Waals surface area (Å²) >= 11 is 0. The predicted molar refractivity (Wildman–Crippen MR) is 48.1 cm³/mol. The quantitative estimate of drug-likeness (QED) is 0.527. The monoisotopic (exact) mass is 184 g/mol. The van der Waals surface area contributed by atoms with Gasteiger partial charge in [0.25, 0.3) is 0 Å². The Morgan fingerprint density at radius 1 is 1.38 bits per heavy atom. The van der Waals surface area contributed by atoms with Crippen LogP contribution in [0.2, 0.25) is 0 Å². The second-order valence-electron chi connectivity index (χ2n) is 2.78. The van der Waals surface area contributed by atoms with Crippen LogP contribution < -0.4 is 5.73 Å². The zero-order chi connectivity index (χ0) is 10.0. The molecule has 0 aromatic heterocycles. The number of aryl methyl sites for hydroxylation is 1. The topological polar surface area (TPSA) is 38.4 Å². The number of nitrogens with zero attached hydrogens (tertiary/aromatic N) is 1. The third kappa shape index (κ3) is 2.02. The number of nitrogens with two attached hydrogens (primary N) is 1. The Kier molecular flexibility index (Phi) is 2.60. The van der Waals surface area contributed by atoms with Gasteiger partial charge in [0.15, 0.2) is 11.6 Å². The summed E-state index contributed by atoms with van der Waals surface area (Å²) in [6.07, 6.45) is 0. The Morgan fingerprint density at radius 3 is 2.54 bits per heavy atom. The van der Waals surface area contributed by atoms with E-state index in [9.17, 15) is 8.78 Å². The lowest BCUT2D eigenvalue weighted by atomic mass is 10.2. The number of hydrogen-bond donors (Lipinski definition) is 1. The highest BCUT2D eigenvalue weighted by molar-refractivity contribution is 5.80. The number of hydrogen-bond acceptors (Lipinski definition) is 1. The van der Waals surface area contributed by atoms with E-state index in [2.05, 4.69) is 4.99 Å². The lowest BCUT2D eigenvalue weighted by Crippen LogP contribution is -2.05. The Labute approximate surface area is 75.1 Å². The first-order valence-electron chi connectivity index (χ1n) is 3.77. The molecule has 0 spiro atoms. The highest BCUT2D eigenvalue weighted by Gasteiger charge is 2.09. The Bertz CT molecular complexity index is 355. The van der Waals surface area contributed by atoms with Gasteiger partial charge in [-0.3, -0.25) is 0 Å². The van der Waals surface area contributed by atoms with Crippen molar-refractivity contribution in [3.8, 4) is 0 Å². The number of amidine groups is 1. The van der Waals surface area contributed by atoms with Crippen molar-refractivity contribution < 1.29 is 8.78 Å². The van der Waals surface area contributed by atoms with Gasteiger partial charge >= 0.3 is 0 Å². The van der Waals surface area contributed by atoms with Gasteiger partial charge in [0.05, 0.1) is 5.84 Å². The zero-order valence-corrected chi connectivity index (χ0v) is 7.44. The summed E-state index contributed by atoms with van der Waals surface area (Å²) in [5.41, 5.74) is 5.26. The molecule has 0 bridgehead atoms. The van der Waals surface area contributed by atoms with Gasteiger partial charge in [0.1, 0.15) is 5.69 Å². The highest BCUT2D eigenvalue weighted by Crippen LogP contribution is 2.24. The maximum absolute atomic E-state index is 13.2. The van der Waals surface area contributed by atoms with Crippen LogP contribution >= 0.6 is 0 Å². The van der Waals surface area contributed by atoms with Crippen LogP contribution in [-0.4, -0.2) is 5.84 Å². The van der Waals surface area contributed by atoms with E-state index in [-0.39, 0.29) is 11.5 Å². The smallest absolute Gasteiger partial charge is 0.154 e. The molecule has 0 unspecified atom stereocenters. The zero-order valence-electron chi connectivity index (χ0n) is 7.44. The highest BCUT2D eigenvalue weighted by atomic mass is 19.1. The van der Waals surface area contributed by atoms with E-state index in [0.29, 0.717) is 5.56 Å². The molecule has 4 heteroatoms. The summed E-state index contributed by atoms with van der Waals surface area (Å²) < 4.78 is 26.2. The third-order valence-electron chi connectivity index (χ3n) is 1.55. The van der Waals surface area contributed by atoms with Crippen LogP contribution in [0.25, 0.3) is 0 Å². The lowest BCUT2D eigenvalue weighted by molar-refractivity contribution is 0.581. The van der Waals surface area contributed by atoms with Crippen molar-refractivity contribution >= 4 is 11.5 Å². The summed E-state index contributed by atoms with van der Waals surface area (Å²) in [4.78, 5) is 3.56. The largest absolute Gasteiger partial charge is 0.387 e. The van der Waals surface area contributed by atoms with Crippen LogP contribution in [0.4, 0.5) is 14.5 Å². The summed E-state index contributed by atoms with van der Waals surface area (Å²) in [5, 5.41) is 0. The van der Waals surface area contributed by atoms with E-state index >= 15 is 0 Å². The standard InChI is InChI=1S/C9H10F2N2/c1-5-3-4-7(10)9(8(5)11)13-6(2)12/h3-4H,1-2H3,(H2,12,13). The van der Waals surface area contributed by atoms with Crippen LogP contribution in [-0.2, 0) is 0 Å². The minimum Gasteiger partial charge on any atom is -0.387 e. The van der Waals surface area contributed by atoms with E-state index < -0.39 is 11.6 Å². The Balaban J connectivity index is 3.34. The molecule has 0 fully saturated rings. The maximum atomic E-state index is 13.2. The summed E-state index contributed by atoms with van der Waals surface area (Å²) in [5.74, 6) is -1.24. The van der Waals surface area contributed by atoms with Crippen molar-refractivity contribution in [1.29, 1.82) is 0 Å². The fraction of sp³-hybridized carbons (Fsp3) is 0.222. The van der Waals surface area contributed by atoms with E-state index in [0.717, 1.165) is 0 Å². The number of aliphatic imine (C=N–C) groups is 1. The molecule has 2 N–H and O–H groups in total. The number of halogens is 2. The van der Waals surface area contributed by atoms with Crippen molar-refractivity contribution in [2.75, 3.05) is 0 Å². The second kappa shape index (κ2) is 3.51. The lowest BCUT2D eigenvalue weighted by Gasteiger charge is -2.02. The molecule has 1 aromatic rings. The molecule has 1 aromatic carbocycles. The van der Waals surface area contributed by atoms with E-state index in [1.54, 1.807) is 6.92 Å². The van der Waals surface area contributed by atoms with Gasteiger partial charge in [0, 0.05) is 0 Å². The minimum atomic E-state index is -0.701. The fourth-order valence-corrected chi connectivity index (χ4v) is 0.921. The maximum Gasteiger partial charge on any atom is 0.154 e. The molecule has 0 aliphatic heterocycles. The van der Waals surface area contributed by atoms with Crippen molar-refractivity contribution in [2.24, 2.45) is 10.7 Å². The van der Waals surface area contributed by atoms with E-state index in [1.165, 1.54) is 19.1 Å². The molecular formula is C9H10F2N2. The van der Waals surface area contributed by atoms with Crippen molar-refractivity contribution in [3.63, 3.8) is 0 Å². The fourth-order valence-electron chi connectivity index (χ4n) is 0.921. The predicted octanol–water partition coefficient (Wildman–Crippen LogP) is 2.28. The summed E-state index contributed by atoms with van der Waals surface area (Å²) in [7, 11) is 0. The Hall–Kier alpha value is -1.45. The summed E-state index contributed by atoms with van der Waals surface area (Å²) in [6.45, 7) is 3.01. The van der Waals surface area contributed by atoms with Gasteiger partial charge in [-0.15, -0.1) is 0 Å². The van der Waals surface area contributed by atoms with E-state index in [4.69, 9.17) is 5.73 Å². The Morgan fingerprint density at radius 2 is 2.00 bits per heavy atom. The molecule has 70 valence electrons. The molecule has 13 heavy (non-hydrogen) atoms. The van der Waals surface area contributed by atoms with Crippen LogP contribution in [0.1, 0.15) is 12.5 Å². The first kappa shape index (κ1) is 9.64. The average Bonchev–Trinajstić information content (AvgIpc) is 2.05. The second-order valence-corrected chi connectivity index (χ2v) is 2.78. The van der Waals surface area contributed by atoms with Crippen molar-refractivity contribution in [1.82, 2.24) is 0 Å². The van der Waals surface area contributed by atoms with Crippen molar-refractivity contribution in [2.45, 2.75) is 13.8 Å². The first-order chi connectivity index (χ1) is 6.02. The molecular weight excluding hydrogens is 174 g/mol. The number of benzene rings is 1. The van der Waals surface area contributed by atoms with Crippen LogP contribution in [0.5, 0.6) is 0 Å². The van der Waals surface area contributed by atoms with Gasteiger partial charge in [-0.25, -0.2) is 13.8 Å². The average molecular weight is 184 g/mol. The molecule has 0 heterocycles. The van der Waals surface area contributed by atoms with Crippen molar-refractivity contribution in [3.05, 3.63) is 29.3 Å². The van der Waals surface area contributed by atoms with E-state index in [1.807, 2.05) is 0 Å². The molecule has 1 rings (SSSR count). The van der Waals surface area contributed by atoms with Gasteiger partial charge in [-0.05, 0) is 25.5 Å². The molecule has 2 nitrogen and oxygen atoms in total. The summed E-state index contributed by atoms with van der Waals surface area (Å²) in [6, 6.07) is 2.52. The van der Waals surface area contributed by atoms with Gasteiger partial charge in [-0.1, -0.05) is 6.07 Å². The molecule has 0 atom stereocenters. The molecule has 0 saturated carbocycles. The molecule has 0 aliphatic rings. The molecule has 0 saturated heterocycles. The van der Waals surface area contributed by atoms with Crippen LogP contribution in [0.15, 0.2) is 17.1 Å².